The molecule has 0 aliphatic carbocycles. The van der Waals surface area contributed by atoms with E-state index in [9.17, 15) is 4.79 Å². The van der Waals surface area contributed by atoms with Crippen molar-refractivity contribution in [3.8, 4) is 0 Å². The molecule has 1 N–H and O–H groups in total. The maximum Gasteiger partial charge on any atom is 0.331 e. The summed E-state index contributed by atoms with van der Waals surface area (Å²) in [4.78, 5) is 10.7. The number of hydrogen-bond acceptors (Lipinski definition) is 1. The third-order valence-electron chi connectivity index (χ3n) is 2.84. The average Bonchev–Trinajstić information content (AvgIpc) is 2.28. The Morgan fingerprint density at radius 3 is 2.38 bits per heavy atom. The first-order valence-corrected chi connectivity index (χ1v) is 5.56. The smallest absolute Gasteiger partial charge is 0.331 e. The second-order valence-electron chi connectivity index (χ2n) is 4.11. The number of benzene rings is 1. The van der Waals surface area contributed by atoms with Crippen molar-refractivity contribution in [3.63, 3.8) is 0 Å². The maximum atomic E-state index is 10.7. The predicted molar refractivity (Wildman–Crippen MR) is 66.4 cm³/mol. The standard InChI is InChI=1S/C14H18O2/c1-4-10(2)13-7-5-12(6-8-13)9-11(3)14(15)16/h5-10H,4H2,1-3H3,(H,15,16)/b11-9+. The first kappa shape index (κ1) is 12.5. The van der Waals surface area contributed by atoms with Gasteiger partial charge < -0.3 is 5.11 Å². The molecule has 0 saturated heterocycles. The Morgan fingerprint density at radius 2 is 1.94 bits per heavy atom. The van der Waals surface area contributed by atoms with Crippen LogP contribution in [0, 0.1) is 0 Å². The number of rotatable bonds is 4. The molecule has 86 valence electrons. The lowest BCUT2D eigenvalue weighted by atomic mass is 9.97. The number of hydrogen-bond donors (Lipinski definition) is 1. The van der Waals surface area contributed by atoms with Gasteiger partial charge in [0, 0.05) is 5.57 Å². The summed E-state index contributed by atoms with van der Waals surface area (Å²) in [6.45, 7) is 5.95. The van der Waals surface area contributed by atoms with Crippen LogP contribution in [0.25, 0.3) is 6.08 Å². The molecule has 0 bridgehead atoms. The molecule has 0 aromatic heterocycles. The fourth-order valence-corrected chi connectivity index (χ4v) is 1.47. The van der Waals surface area contributed by atoms with Gasteiger partial charge in [-0.05, 0) is 36.5 Å². The van der Waals surface area contributed by atoms with Gasteiger partial charge in [0.05, 0.1) is 0 Å². The van der Waals surface area contributed by atoms with Crippen molar-refractivity contribution in [3.05, 3.63) is 41.0 Å². The minimum Gasteiger partial charge on any atom is -0.478 e. The van der Waals surface area contributed by atoms with Crippen molar-refractivity contribution < 1.29 is 9.90 Å². The molecule has 0 amide bonds. The van der Waals surface area contributed by atoms with Crippen LogP contribution in [0.4, 0.5) is 0 Å². The molecule has 1 aromatic carbocycles. The highest BCUT2D eigenvalue weighted by atomic mass is 16.4. The summed E-state index contributed by atoms with van der Waals surface area (Å²) in [6, 6.07) is 8.06. The molecular weight excluding hydrogens is 200 g/mol. The molecule has 16 heavy (non-hydrogen) atoms. The zero-order valence-electron chi connectivity index (χ0n) is 10.0. The van der Waals surface area contributed by atoms with E-state index < -0.39 is 5.97 Å². The first-order valence-electron chi connectivity index (χ1n) is 5.56. The zero-order chi connectivity index (χ0) is 12.1. The molecule has 0 aliphatic heterocycles. The molecule has 0 aliphatic rings. The quantitative estimate of drug-likeness (QED) is 0.782. The minimum atomic E-state index is -0.869. The Bertz CT molecular complexity index is 388. The highest BCUT2D eigenvalue weighted by Crippen LogP contribution is 2.19. The molecule has 1 aromatic rings. The van der Waals surface area contributed by atoms with E-state index in [1.54, 1.807) is 13.0 Å². The van der Waals surface area contributed by atoms with E-state index in [-0.39, 0.29) is 0 Å². The Kier molecular flexibility index (Phi) is 4.29. The van der Waals surface area contributed by atoms with Crippen LogP contribution in [0.15, 0.2) is 29.8 Å². The summed E-state index contributed by atoms with van der Waals surface area (Å²) in [7, 11) is 0. The van der Waals surface area contributed by atoms with Gasteiger partial charge in [0.25, 0.3) is 0 Å². The topological polar surface area (TPSA) is 37.3 Å². The van der Waals surface area contributed by atoms with Gasteiger partial charge in [-0.25, -0.2) is 4.79 Å². The summed E-state index contributed by atoms with van der Waals surface area (Å²) >= 11 is 0. The van der Waals surface area contributed by atoms with E-state index >= 15 is 0 Å². The van der Waals surface area contributed by atoms with Crippen LogP contribution in [0.5, 0.6) is 0 Å². The van der Waals surface area contributed by atoms with Gasteiger partial charge in [-0.15, -0.1) is 0 Å². The van der Waals surface area contributed by atoms with Gasteiger partial charge in [0.1, 0.15) is 0 Å². The normalized spacial score (nSPS) is 13.6. The van der Waals surface area contributed by atoms with E-state index in [0.29, 0.717) is 11.5 Å². The molecule has 1 rings (SSSR count). The second-order valence-corrected chi connectivity index (χ2v) is 4.11. The molecular formula is C14H18O2. The molecule has 2 heteroatoms. The maximum absolute atomic E-state index is 10.7. The van der Waals surface area contributed by atoms with Gasteiger partial charge in [-0.1, -0.05) is 38.1 Å². The van der Waals surface area contributed by atoms with Crippen molar-refractivity contribution in [1.29, 1.82) is 0 Å². The van der Waals surface area contributed by atoms with Crippen molar-refractivity contribution in [2.75, 3.05) is 0 Å². The Morgan fingerprint density at radius 1 is 1.38 bits per heavy atom. The monoisotopic (exact) mass is 218 g/mol. The Balaban J connectivity index is 2.87. The largest absolute Gasteiger partial charge is 0.478 e. The highest BCUT2D eigenvalue weighted by molar-refractivity contribution is 5.91. The van der Waals surface area contributed by atoms with E-state index in [4.69, 9.17) is 5.11 Å². The number of aliphatic carboxylic acids is 1. The molecule has 0 radical (unpaired) electrons. The average molecular weight is 218 g/mol. The van der Waals surface area contributed by atoms with E-state index in [0.717, 1.165) is 12.0 Å². The summed E-state index contributed by atoms with van der Waals surface area (Å²) in [6.07, 6.45) is 2.80. The Hall–Kier alpha value is -1.57. The molecule has 0 heterocycles. The fraction of sp³-hybridized carbons (Fsp3) is 0.357. The van der Waals surface area contributed by atoms with Crippen LogP contribution in [-0.4, -0.2) is 11.1 Å². The van der Waals surface area contributed by atoms with Gasteiger partial charge in [0.15, 0.2) is 0 Å². The van der Waals surface area contributed by atoms with Crippen molar-refractivity contribution >= 4 is 12.0 Å². The van der Waals surface area contributed by atoms with Gasteiger partial charge in [-0.3, -0.25) is 0 Å². The zero-order valence-corrected chi connectivity index (χ0v) is 10.0. The summed E-state index contributed by atoms with van der Waals surface area (Å²) in [5, 5.41) is 8.76. The second kappa shape index (κ2) is 5.50. The molecule has 0 fully saturated rings. The van der Waals surface area contributed by atoms with Crippen LogP contribution in [0.3, 0.4) is 0 Å². The van der Waals surface area contributed by atoms with Gasteiger partial charge in [-0.2, -0.15) is 0 Å². The van der Waals surface area contributed by atoms with Crippen molar-refractivity contribution in [2.24, 2.45) is 0 Å². The predicted octanol–water partition coefficient (Wildman–Crippen LogP) is 3.69. The lowest BCUT2D eigenvalue weighted by Crippen LogP contribution is -1.95. The van der Waals surface area contributed by atoms with Gasteiger partial charge >= 0.3 is 5.97 Å². The van der Waals surface area contributed by atoms with E-state index in [1.807, 2.05) is 12.1 Å². The summed E-state index contributed by atoms with van der Waals surface area (Å²) in [5.41, 5.74) is 2.59. The fourth-order valence-electron chi connectivity index (χ4n) is 1.47. The molecule has 0 saturated carbocycles. The third-order valence-corrected chi connectivity index (χ3v) is 2.84. The molecule has 1 atom stereocenters. The van der Waals surface area contributed by atoms with E-state index in [2.05, 4.69) is 26.0 Å². The summed E-state index contributed by atoms with van der Waals surface area (Å²) in [5.74, 6) is -0.315. The SMILES string of the molecule is CCC(C)c1ccc(/C=C(\C)C(=O)O)cc1. The third kappa shape index (κ3) is 3.23. The van der Waals surface area contributed by atoms with Crippen LogP contribution < -0.4 is 0 Å². The molecule has 1 unspecified atom stereocenters. The van der Waals surface area contributed by atoms with Crippen LogP contribution >= 0.6 is 0 Å². The van der Waals surface area contributed by atoms with Crippen LogP contribution in [0.1, 0.15) is 44.2 Å². The van der Waals surface area contributed by atoms with Crippen molar-refractivity contribution in [2.45, 2.75) is 33.1 Å². The van der Waals surface area contributed by atoms with Crippen LogP contribution in [-0.2, 0) is 4.79 Å². The lowest BCUT2D eigenvalue weighted by molar-refractivity contribution is -0.132. The number of carboxylic acids is 1. The van der Waals surface area contributed by atoms with E-state index in [1.165, 1.54) is 5.56 Å². The Labute approximate surface area is 96.6 Å². The number of carboxylic acid groups (broad SMARTS) is 1. The summed E-state index contributed by atoms with van der Waals surface area (Å²) < 4.78 is 0. The first-order chi connectivity index (χ1) is 7.54. The lowest BCUT2D eigenvalue weighted by Gasteiger charge is -2.08. The molecule has 0 spiro atoms. The number of carbonyl (C=O) groups is 1. The van der Waals surface area contributed by atoms with Crippen LogP contribution in [0.2, 0.25) is 0 Å². The van der Waals surface area contributed by atoms with Gasteiger partial charge in [0.2, 0.25) is 0 Å². The van der Waals surface area contributed by atoms with Crippen molar-refractivity contribution in [1.82, 2.24) is 0 Å². The highest BCUT2D eigenvalue weighted by Gasteiger charge is 2.03. The molecule has 2 nitrogen and oxygen atoms in total. The minimum absolute atomic E-state index is 0.358.